The van der Waals surface area contributed by atoms with Gasteiger partial charge in [0.1, 0.15) is 11.6 Å². The third kappa shape index (κ3) is 4.78. The minimum Gasteiger partial charge on any atom is -0.297 e. The summed E-state index contributed by atoms with van der Waals surface area (Å²) in [7, 11) is 0. The van der Waals surface area contributed by atoms with Gasteiger partial charge in [0.15, 0.2) is 5.13 Å². The van der Waals surface area contributed by atoms with Crippen molar-refractivity contribution < 1.29 is 4.79 Å². The first-order valence-electron chi connectivity index (χ1n) is 8.82. The molecule has 1 N–H and O–H groups in total. The third-order valence-electron chi connectivity index (χ3n) is 4.55. The zero-order chi connectivity index (χ0) is 18.4. The number of nitriles is 1. The summed E-state index contributed by atoms with van der Waals surface area (Å²) in [5.41, 5.74) is 0.885. The van der Waals surface area contributed by atoms with E-state index in [0.717, 1.165) is 23.5 Å². The molecule has 5 nitrogen and oxygen atoms in total. The molecule has 3 rings (SSSR count). The minimum atomic E-state index is -0.427. The van der Waals surface area contributed by atoms with Crippen molar-refractivity contribution in [3.63, 3.8) is 0 Å². The predicted molar refractivity (Wildman–Crippen MR) is 104 cm³/mol. The second-order valence-corrected chi connectivity index (χ2v) is 7.60. The summed E-state index contributed by atoms with van der Waals surface area (Å²) in [5.74, 6) is -0.427. The Bertz CT molecular complexity index is 822. The van der Waals surface area contributed by atoms with Crippen molar-refractivity contribution in [1.29, 1.82) is 5.26 Å². The van der Waals surface area contributed by atoms with Crippen molar-refractivity contribution in [1.82, 2.24) is 9.88 Å². The highest BCUT2D eigenvalue weighted by atomic mass is 32.1. The van der Waals surface area contributed by atoms with Crippen molar-refractivity contribution >= 4 is 28.5 Å². The molecule has 0 saturated carbocycles. The van der Waals surface area contributed by atoms with Crippen LogP contribution in [-0.2, 0) is 11.3 Å². The minimum absolute atomic E-state index is 0.0672. The van der Waals surface area contributed by atoms with E-state index in [2.05, 4.69) is 22.1 Å². The van der Waals surface area contributed by atoms with Gasteiger partial charge in [-0.2, -0.15) is 5.26 Å². The number of rotatable bonds is 5. The number of benzene rings is 1. The maximum absolute atomic E-state index is 12.4. The zero-order valence-electron chi connectivity index (χ0n) is 14.8. The average Bonchev–Trinajstić information content (AvgIpc) is 3.09. The lowest BCUT2D eigenvalue weighted by Gasteiger charge is -2.32. The molecule has 134 valence electrons. The Morgan fingerprint density at radius 1 is 1.42 bits per heavy atom. The van der Waals surface area contributed by atoms with E-state index in [1.54, 1.807) is 6.08 Å². The Balaban J connectivity index is 1.63. The number of hydrogen-bond donors (Lipinski definition) is 1. The Morgan fingerprint density at radius 2 is 2.23 bits per heavy atom. The number of piperidine rings is 1. The number of thiazole rings is 1. The lowest BCUT2D eigenvalue weighted by atomic mass is 10.0. The van der Waals surface area contributed by atoms with Gasteiger partial charge < -0.3 is 0 Å². The van der Waals surface area contributed by atoms with Gasteiger partial charge >= 0.3 is 0 Å². The van der Waals surface area contributed by atoms with Gasteiger partial charge in [-0.1, -0.05) is 36.8 Å². The van der Waals surface area contributed by atoms with Crippen LogP contribution in [0.3, 0.4) is 0 Å². The molecular weight excluding hydrogens is 344 g/mol. The van der Waals surface area contributed by atoms with E-state index in [9.17, 15) is 10.1 Å². The molecule has 0 aliphatic carbocycles. The molecule has 1 fully saturated rings. The summed E-state index contributed by atoms with van der Waals surface area (Å²) in [5, 5.41) is 12.6. The molecule has 1 aliphatic heterocycles. The van der Waals surface area contributed by atoms with Gasteiger partial charge in [-0.05, 0) is 37.9 Å². The van der Waals surface area contributed by atoms with Gasteiger partial charge in [0.05, 0.1) is 0 Å². The van der Waals surface area contributed by atoms with E-state index < -0.39 is 5.91 Å². The highest BCUT2D eigenvalue weighted by molar-refractivity contribution is 7.15. The molecule has 1 atom stereocenters. The molecule has 0 radical (unpaired) electrons. The van der Waals surface area contributed by atoms with Gasteiger partial charge in [0.25, 0.3) is 5.91 Å². The first-order valence-corrected chi connectivity index (χ1v) is 9.64. The molecule has 2 aromatic rings. The fourth-order valence-corrected chi connectivity index (χ4v) is 3.89. The number of hydrogen-bond acceptors (Lipinski definition) is 5. The largest absolute Gasteiger partial charge is 0.297 e. The first kappa shape index (κ1) is 18.3. The quantitative estimate of drug-likeness (QED) is 0.640. The van der Waals surface area contributed by atoms with Crippen LogP contribution in [0.25, 0.3) is 6.08 Å². The number of carbonyl (C=O) groups is 1. The molecule has 1 aliphatic rings. The topological polar surface area (TPSA) is 69.0 Å². The van der Waals surface area contributed by atoms with E-state index in [-0.39, 0.29) is 5.57 Å². The summed E-state index contributed by atoms with van der Waals surface area (Å²) in [6, 6.07) is 11.9. The van der Waals surface area contributed by atoms with Crippen LogP contribution in [0.15, 0.2) is 42.1 Å². The fourth-order valence-electron chi connectivity index (χ4n) is 3.06. The predicted octanol–water partition coefficient (Wildman–Crippen LogP) is 4.06. The SMILES string of the molecule is CC1CCCCN1Cc1cnc(NC(=O)/C(C#N)=C/c2ccccc2)s1. The van der Waals surface area contributed by atoms with Crippen molar-refractivity contribution in [3.8, 4) is 6.07 Å². The Hall–Kier alpha value is -2.49. The van der Waals surface area contributed by atoms with Gasteiger partial charge in [-0.3, -0.25) is 15.0 Å². The van der Waals surface area contributed by atoms with Crippen molar-refractivity contribution in [2.45, 2.75) is 38.8 Å². The molecular formula is C20H22N4OS. The van der Waals surface area contributed by atoms with Crippen molar-refractivity contribution in [2.75, 3.05) is 11.9 Å². The summed E-state index contributed by atoms with van der Waals surface area (Å²) in [6.07, 6.45) is 7.17. The molecule has 0 spiro atoms. The van der Waals surface area contributed by atoms with E-state index in [1.165, 1.54) is 30.6 Å². The van der Waals surface area contributed by atoms with Crippen LogP contribution in [0, 0.1) is 11.3 Å². The van der Waals surface area contributed by atoms with E-state index in [0.29, 0.717) is 11.2 Å². The number of likely N-dealkylation sites (tertiary alicyclic amines) is 1. The molecule has 6 heteroatoms. The molecule has 1 unspecified atom stereocenters. The number of aromatic nitrogens is 1. The maximum atomic E-state index is 12.4. The molecule has 1 saturated heterocycles. The molecule has 1 aromatic carbocycles. The highest BCUT2D eigenvalue weighted by Gasteiger charge is 2.19. The molecule has 26 heavy (non-hydrogen) atoms. The number of nitrogens with zero attached hydrogens (tertiary/aromatic N) is 3. The highest BCUT2D eigenvalue weighted by Crippen LogP contribution is 2.24. The average molecular weight is 366 g/mol. The molecule has 1 aromatic heterocycles. The van der Waals surface area contributed by atoms with Crippen LogP contribution in [0.2, 0.25) is 0 Å². The van der Waals surface area contributed by atoms with Gasteiger partial charge in [-0.15, -0.1) is 11.3 Å². The summed E-state index contributed by atoms with van der Waals surface area (Å²) < 4.78 is 0. The van der Waals surface area contributed by atoms with Crippen LogP contribution in [-0.4, -0.2) is 28.4 Å². The lowest BCUT2D eigenvalue weighted by Crippen LogP contribution is -2.36. The standard InChI is InChI=1S/C20H22N4OS/c1-15-7-5-6-10-24(15)14-18-13-22-20(26-18)23-19(25)17(12-21)11-16-8-3-2-4-9-16/h2-4,8-9,11,13,15H,5-7,10,14H2,1H3,(H,22,23,25)/b17-11+. The van der Waals surface area contributed by atoms with Gasteiger partial charge in [0, 0.05) is 23.7 Å². The second kappa shape index (κ2) is 8.75. The van der Waals surface area contributed by atoms with Crippen molar-refractivity contribution in [3.05, 3.63) is 52.5 Å². The second-order valence-electron chi connectivity index (χ2n) is 6.48. The van der Waals surface area contributed by atoms with Crippen LogP contribution in [0.1, 0.15) is 36.6 Å². The summed E-state index contributed by atoms with van der Waals surface area (Å²) in [6.45, 7) is 4.23. The smallest absolute Gasteiger partial charge is 0.268 e. The Kier molecular flexibility index (Phi) is 6.16. The van der Waals surface area contributed by atoms with Gasteiger partial charge in [-0.25, -0.2) is 4.98 Å². The maximum Gasteiger partial charge on any atom is 0.268 e. The Labute approximate surface area is 158 Å². The molecule has 1 amide bonds. The van der Waals surface area contributed by atoms with Crippen LogP contribution in [0.5, 0.6) is 0 Å². The van der Waals surface area contributed by atoms with Crippen LogP contribution in [0.4, 0.5) is 5.13 Å². The Morgan fingerprint density at radius 3 is 2.96 bits per heavy atom. The summed E-state index contributed by atoms with van der Waals surface area (Å²) >= 11 is 1.47. The van der Waals surface area contributed by atoms with E-state index >= 15 is 0 Å². The van der Waals surface area contributed by atoms with E-state index in [1.807, 2.05) is 42.6 Å². The fraction of sp³-hybridized carbons (Fsp3) is 0.350. The number of amides is 1. The molecule has 2 heterocycles. The summed E-state index contributed by atoms with van der Waals surface area (Å²) in [4.78, 5) is 20.2. The van der Waals surface area contributed by atoms with Crippen molar-refractivity contribution in [2.24, 2.45) is 0 Å². The number of nitrogens with one attached hydrogen (secondary N) is 1. The third-order valence-corrected chi connectivity index (χ3v) is 5.45. The van der Waals surface area contributed by atoms with Crippen LogP contribution < -0.4 is 5.32 Å². The lowest BCUT2D eigenvalue weighted by molar-refractivity contribution is -0.112. The first-order chi connectivity index (χ1) is 12.7. The van der Waals surface area contributed by atoms with E-state index in [4.69, 9.17) is 0 Å². The molecule has 0 bridgehead atoms. The monoisotopic (exact) mass is 366 g/mol. The number of carbonyl (C=O) groups excluding carboxylic acids is 1. The van der Waals surface area contributed by atoms with Gasteiger partial charge in [0.2, 0.25) is 0 Å². The van der Waals surface area contributed by atoms with Crippen LogP contribution >= 0.6 is 11.3 Å². The normalized spacial score (nSPS) is 18.3. The zero-order valence-corrected chi connectivity index (χ0v) is 15.6. The number of anilines is 1.